The van der Waals surface area contributed by atoms with Crippen LogP contribution < -0.4 is 5.32 Å². The van der Waals surface area contributed by atoms with Crippen LogP contribution in [-0.2, 0) is 0 Å². The maximum atomic E-state index is 13.8. The van der Waals surface area contributed by atoms with Gasteiger partial charge in [0.15, 0.2) is 0 Å². The van der Waals surface area contributed by atoms with Gasteiger partial charge in [0.1, 0.15) is 5.82 Å². The van der Waals surface area contributed by atoms with E-state index in [-0.39, 0.29) is 11.9 Å². The number of benzene rings is 2. The topological polar surface area (TPSA) is 12.0 Å². The maximum absolute atomic E-state index is 13.8. The third-order valence-electron chi connectivity index (χ3n) is 4.12. The van der Waals surface area contributed by atoms with Crippen LogP contribution in [0.3, 0.4) is 0 Å². The predicted octanol–water partition coefficient (Wildman–Crippen LogP) is 5.09. The highest BCUT2D eigenvalue weighted by atomic mass is 19.1. The van der Waals surface area contributed by atoms with Crippen LogP contribution in [0.25, 0.3) is 11.1 Å². The molecule has 2 aromatic carbocycles. The van der Waals surface area contributed by atoms with Gasteiger partial charge in [-0.2, -0.15) is 0 Å². The smallest absolute Gasteiger partial charge is 0.123 e. The molecule has 112 valence electrons. The predicted molar refractivity (Wildman–Crippen MR) is 88.1 cm³/mol. The normalized spacial score (nSPS) is 12.5. The lowest BCUT2D eigenvalue weighted by Crippen LogP contribution is -2.18. The zero-order chi connectivity index (χ0) is 15.6. The average molecular weight is 285 g/mol. The van der Waals surface area contributed by atoms with Crippen LogP contribution in [0.15, 0.2) is 30.3 Å². The van der Waals surface area contributed by atoms with Crippen LogP contribution in [0.1, 0.15) is 42.1 Å². The van der Waals surface area contributed by atoms with Crippen LogP contribution in [0, 0.1) is 26.6 Å². The molecule has 0 fully saturated rings. The average Bonchev–Trinajstić information content (AvgIpc) is 2.43. The Bertz CT molecular complexity index is 646. The van der Waals surface area contributed by atoms with Gasteiger partial charge >= 0.3 is 0 Å². The standard InChI is InChI=1S/C19H24FN/c1-6-21-15(5)17-8-7-16(20)11-19(17)18-10-13(3)12(2)9-14(18)4/h7-11,15,21H,6H2,1-5H3. The number of rotatable bonds is 4. The molecule has 0 bridgehead atoms. The maximum Gasteiger partial charge on any atom is 0.123 e. The summed E-state index contributed by atoms with van der Waals surface area (Å²) in [4.78, 5) is 0. The van der Waals surface area contributed by atoms with Gasteiger partial charge in [0.05, 0.1) is 0 Å². The fourth-order valence-electron chi connectivity index (χ4n) is 2.81. The second-order valence-electron chi connectivity index (χ2n) is 5.76. The SMILES string of the molecule is CCNC(C)c1ccc(F)cc1-c1cc(C)c(C)cc1C. The van der Waals surface area contributed by atoms with E-state index in [9.17, 15) is 4.39 Å². The molecular formula is C19H24FN. The summed E-state index contributed by atoms with van der Waals surface area (Å²) in [5.74, 6) is -0.185. The molecule has 0 saturated heterocycles. The van der Waals surface area contributed by atoms with E-state index in [1.54, 1.807) is 12.1 Å². The minimum atomic E-state index is -0.185. The van der Waals surface area contributed by atoms with E-state index in [1.165, 1.54) is 16.7 Å². The van der Waals surface area contributed by atoms with Crippen molar-refractivity contribution in [2.45, 2.75) is 40.7 Å². The Labute approximate surface area is 127 Å². The van der Waals surface area contributed by atoms with Crippen molar-refractivity contribution in [3.05, 3.63) is 58.4 Å². The number of hydrogen-bond acceptors (Lipinski definition) is 1. The molecule has 1 unspecified atom stereocenters. The van der Waals surface area contributed by atoms with Crippen molar-refractivity contribution in [2.75, 3.05) is 6.54 Å². The third kappa shape index (κ3) is 3.33. The molecule has 0 radical (unpaired) electrons. The lowest BCUT2D eigenvalue weighted by molar-refractivity contribution is 0.593. The zero-order valence-electron chi connectivity index (χ0n) is 13.5. The lowest BCUT2D eigenvalue weighted by atomic mass is 9.90. The van der Waals surface area contributed by atoms with Crippen LogP contribution >= 0.6 is 0 Å². The van der Waals surface area contributed by atoms with E-state index >= 15 is 0 Å². The molecule has 0 heterocycles. The molecule has 1 nitrogen and oxygen atoms in total. The number of halogens is 1. The largest absolute Gasteiger partial charge is 0.310 e. The van der Waals surface area contributed by atoms with E-state index in [2.05, 4.69) is 52.1 Å². The van der Waals surface area contributed by atoms with Crippen LogP contribution in [-0.4, -0.2) is 6.54 Å². The monoisotopic (exact) mass is 285 g/mol. The molecule has 2 rings (SSSR count). The van der Waals surface area contributed by atoms with Gasteiger partial charge in [-0.3, -0.25) is 0 Å². The van der Waals surface area contributed by atoms with E-state index in [0.717, 1.165) is 23.2 Å². The molecule has 0 aliphatic rings. The van der Waals surface area contributed by atoms with Gasteiger partial charge in [-0.1, -0.05) is 25.1 Å². The summed E-state index contributed by atoms with van der Waals surface area (Å²) in [6, 6.07) is 9.64. The lowest BCUT2D eigenvalue weighted by Gasteiger charge is -2.19. The molecule has 0 aliphatic heterocycles. The van der Waals surface area contributed by atoms with Crippen LogP contribution in [0.2, 0.25) is 0 Å². The van der Waals surface area contributed by atoms with E-state index in [4.69, 9.17) is 0 Å². The molecule has 0 amide bonds. The van der Waals surface area contributed by atoms with Crippen molar-refractivity contribution < 1.29 is 4.39 Å². The molecule has 2 aromatic rings. The third-order valence-corrected chi connectivity index (χ3v) is 4.12. The van der Waals surface area contributed by atoms with E-state index < -0.39 is 0 Å². The molecule has 0 spiro atoms. The summed E-state index contributed by atoms with van der Waals surface area (Å²) >= 11 is 0. The molecule has 2 heteroatoms. The Balaban J connectivity index is 2.62. The summed E-state index contributed by atoms with van der Waals surface area (Å²) in [6.07, 6.45) is 0. The molecule has 1 atom stereocenters. The first-order valence-electron chi connectivity index (χ1n) is 7.55. The van der Waals surface area contributed by atoms with Crippen molar-refractivity contribution in [3.63, 3.8) is 0 Å². The Hall–Kier alpha value is -1.67. The van der Waals surface area contributed by atoms with E-state index in [0.29, 0.717) is 0 Å². The fraction of sp³-hybridized carbons (Fsp3) is 0.368. The van der Waals surface area contributed by atoms with E-state index in [1.807, 2.05) is 6.07 Å². The molecule has 0 aromatic heterocycles. The quantitative estimate of drug-likeness (QED) is 0.825. The van der Waals surface area contributed by atoms with Crippen molar-refractivity contribution >= 4 is 0 Å². The molecular weight excluding hydrogens is 261 g/mol. The number of nitrogens with one attached hydrogen (secondary N) is 1. The highest BCUT2D eigenvalue weighted by molar-refractivity contribution is 5.72. The Morgan fingerprint density at radius 2 is 1.62 bits per heavy atom. The zero-order valence-corrected chi connectivity index (χ0v) is 13.5. The first-order chi connectivity index (χ1) is 9.93. The second-order valence-corrected chi connectivity index (χ2v) is 5.76. The van der Waals surface area contributed by atoms with Gasteiger partial charge in [-0.05, 0) is 79.8 Å². The van der Waals surface area contributed by atoms with Crippen molar-refractivity contribution in [2.24, 2.45) is 0 Å². The van der Waals surface area contributed by atoms with Gasteiger partial charge in [-0.15, -0.1) is 0 Å². The Morgan fingerprint density at radius 3 is 2.29 bits per heavy atom. The Kier molecular flexibility index (Phi) is 4.79. The molecule has 0 saturated carbocycles. The summed E-state index contributed by atoms with van der Waals surface area (Å²) in [5, 5.41) is 3.41. The first kappa shape index (κ1) is 15.7. The second kappa shape index (κ2) is 6.40. The molecule has 0 aliphatic carbocycles. The first-order valence-corrected chi connectivity index (χ1v) is 7.55. The van der Waals surface area contributed by atoms with Crippen LogP contribution in [0.5, 0.6) is 0 Å². The van der Waals surface area contributed by atoms with Gasteiger partial charge in [-0.25, -0.2) is 4.39 Å². The highest BCUT2D eigenvalue weighted by Gasteiger charge is 2.14. The summed E-state index contributed by atoms with van der Waals surface area (Å²) in [7, 11) is 0. The Morgan fingerprint density at radius 1 is 0.952 bits per heavy atom. The van der Waals surface area contributed by atoms with Crippen molar-refractivity contribution in [1.82, 2.24) is 5.32 Å². The molecule has 21 heavy (non-hydrogen) atoms. The van der Waals surface area contributed by atoms with Crippen LogP contribution in [0.4, 0.5) is 4.39 Å². The fourth-order valence-corrected chi connectivity index (χ4v) is 2.81. The summed E-state index contributed by atoms with van der Waals surface area (Å²) in [6.45, 7) is 11.4. The number of aryl methyl sites for hydroxylation is 3. The highest BCUT2D eigenvalue weighted by Crippen LogP contribution is 2.32. The van der Waals surface area contributed by atoms with Crippen molar-refractivity contribution in [1.29, 1.82) is 0 Å². The van der Waals surface area contributed by atoms with Crippen molar-refractivity contribution in [3.8, 4) is 11.1 Å². The minimum absolute atomic E-state index is 0.185. The summed E-state index contributed by atoms with van der Waals surface area (Å²) in [5.41, 5.74) is 6.95. The van der Waals surface area contributed by atoms with Gasteiger partial charge in [0.2, 0.25) is 0 Å². The van der Waals surface area contributed by atoms with Gasteiger partial charge in [0, 0.05) is 6.04 Å². The summed E-state index contributed by atoms with van der Waals surface area (Å²) < 4.78 is 13.8. The molecule has 1 N–H and O–H groups in total. The minimum Gasteiger partial charge on any atom is -0.310 e. The van der Waals surface area contributed by atoms with Gasteiger partial charge in [0.25, 0.3) is 0 Å². The number of hydrogen-bond donors (Lipinski definition) is 1. The van der Waals surface area contributed by atoms with Gasteiger partial charge < -0.3 is 5.32 Å².